The molecule has 1 saturated carbocycles. The van der Waals surface area contributed by atoms with E-state index in [9.17, 15) is 14.4 Å². The van der Waals surface area contributed by atoms with Crippen LogP contribution in [0.5, 0.6) is 5.75 Å². The molecule has 3 aromatic rings. The Morgan fingerprint density at radius 2 is 2.11 bits per heavy atom. The number of ether oxygens (including phenoxy) is 1. The van der Waals surface area contributed by atoms with E-state index in [0.717, 1.165) is 0 Å². The van der Waals surface area contributed by atoms with Crippen LogP contribution in [-0.2, 0) is 11.4 Å². The van der Waals surface area contributed by atoms with Gasteiger partial charge in [0.05, 0.1) is 11.1 Å². The van der Waals surface area contributed by atoms with Crippen LogP contribution in [0.15, 0.2) is 45.7 Å². The van der Waals surface area contributed by atoms with Gasteiger partial charge in [-0.15, -0.1) is 0 Å². The van der Waals surface area contributed by atoms with Crippen molar-refractivity contribution in [2.24, 2.45) is 5.73 Å². The number of carbonyl (C=O) groups excluding carboxylic acids is 2. The number of primary amides is 1. The molecular weight excluding hydrogens is 362 g/mol. The number of carbonyl (C=O) groups is 2. The van der Waals surface area contributed by atoms with Crippen molar-refractivity contribution in [1.82, 2.24) is 10.3 Å². The second-order valence-corrected chi connectivity index (χ2v) is 6.90. The van der Waals surface area contributed by atoms with Crippen LogP contribution in [0.2, 0.25) is 0 Å². The number of benzene rings is 1. The summed E-state index contributed by atoms with van der Waals surface area (Å²) in [5.41, 5.74) is 5.56. The number of H-pyrrole nitrogens is 1. The fourth-order valence-electron chi connectivity index (χ4n) is 3.14. The predicted molar refractivity (Wildman–Crippen MR) is 101 cm³/mol. The smallest absolute Gasteiger partial charge is 0.256 e. The van der Waals surface area contributed by atoms with Crippen LogP contribution >= 0.6 is 0 Å². The Morgan fingerprint density at radius 1 is 1.32 bits per heavy atom. The zero-order valence-corrected chi connectivity index (χ0v) is 15.2. The van der Waals surface area contributed by atoms with Crippen LogP contribution in [0.4, 0.5) is 0 Å². The highest BCUT2D eigenvalue weighted by Gasteiger charge is 2.50. The monoisotopic (exact) mass is 381 g/mol. The molecule has 1 aliphatic rings. The number of aryl methyl sites for hydroxylation is 1. The van der Waals surface area contributed by atoms with Gasteiger partial charge in [-0.1, -0.05) is 0 Å². The maximum Gasteiger partial charge on any atom is 0.256 e. The highest BCUT2D eigenvalue weighted by Crippen LogP contribution is 2.36. The molecule has 0 spiro atoms. The van der Waals surface area contributed by atoms with Crippen LogP contribution in [-0.4, -0.2) is 22.3 Å². The molecule has 1 aliphatic carbocycles. The van der Waals surface area contributed by atoms with Crippen molar-refractivity contribution in [2.45, 2.75) is 31.9 Å². The lowest BCUT2D eigenvalue weighted by Crippen LogP contribution is -2.46. The van der Waals surface area contributed by atoms with Crippen molar-refractivity contribution in [3.8, 4) is 5.75 Å². The minimum absolute atomic E-state index is 0.0881. The third kappa shape index (κ3) is 3.13. The average molecular weight is 381 g/mol. The molecule has 4 rings (SSSR count). The molecule has 0 bridgehead atoms. The zero-order valence-electron chi connectivity index (χ0n) is 15.2. The van der Waals surface area contributed by atoms with Gasteiger partial charge >= 0.3 is 0 Å². The Hall–Kier alpha value is -3.55. The van der Waals surface area contributed by atoms with Crippen molar-refractivity contribution >= 4 is 22.8 Å². The van der Waals surface area contributed by atoms with Gasteiger partial charge in [0.1, 0.15) is 29.2 Å². The van der Waals surface area contributed by atoms with E-state index in [1.54, 1.807) is 43.5 Å². The van der Waals surface area contributed by atoms with Gasteiger partial charge in [-0.25, -0.2) is 0 Å². The molecule has 0 saturated heterocycles. The number of rotatable bonds is 6. The van der Waals surface area contributed by atoms with E-state index in [4.69, 9.17) is 14.9 Å². The fourth-order valence-corrected chi connectivity index (χ4v) is 3.14. The lowest BCUT2D eigenvalue weighted by atomic mass is 10.1. The summed E-state index contributed by atoms with van der Waals surface area (Å²) >= 11 is 0. The van der Waals surface area contributed by atoms with Gasteiger partial charge in [0.15, 0.2) is 0 Å². The standard InChI is InChI=1S/C20H19N3O5/c1-11-16(18(25)23-20(6-7-20)19(21)26)14-9-13(4-5-15(14)28-11)27-10-12-3-2-8-22-17(12)24/h2-5,8-9H,6-7,10H2,1H3,(H2,21,26)(H,22,24)(H,23,25). The number of aromatic nitrogens is 1. The van der Waals surface area contributed by atoms with Gasteiger partial charge in [0.2, 0.25) is 5.91 Å². The van der Waals surface area contributed by atoms with Gasteiger partial charge in [0.25, 0.3) is 11.5 Å². The molecule has 1 fully saturated rings. The summed E-state index contributed by atoms with van der Waals surface area (Å²) in [7, 11) is 0. The fraction of sp³-hybridized carbons (Fsp3) is 0.250. The molecule has 1 aromatic carbocycles. The number of aromatic amines is 1. The summed E-state index contributed by atoms with van der Waals surface area (Å²) in [4.78, 5) is 38.7. The first kappa shape index (κ1) is 17.8. The van der Waals surface area contributed by atoms with E-state index in [0.29, 0.717) is 46.4 Å². The van der Waals surface area contributed by atoms with Gasteiger partial charge < -0.3 is 25.2 Å². The molecule has 0 radical (unpaired) electrons. The van der Waals surface area contributed by atoms with Gasteiger partial charge in [-0.3, -0.25) is 14.4 Å². The second-order valence-electron chi connectivity index (χ2n) is 6.90. The highest BCUT2D eigenvalue weighted by atomic mass is 16.5. The molecule has 4 N–H and O–H groups in total. The maximum absolute atomic E-state index is 12.8. The Kier molecular flexibility index (Phi) is 4.18. The van der Waals surface area contributed by atoms with Crippen molar-refractivity contribution in [2.75, 3.05) is 0 Å². The Balaban J connectivity index is 1.61. The molecule has 2 heterocycles. The van der Waals surface area contributed by atoms with Crippen molar-refractivity contribution in [3.63, 3.8) is 0 Å². The van der Waals surface area contributed by atoms with Crippen LogP contribution < -0.4 is 21.3 Å². The topological polar surface area (TPSA) is 127 Å². The number of nitrogens with one attached hydrogen (secondary N) is 2. The molecule has 2 amide bonds. The van der Waals surface area contributed by atoms with E-state index in [2.05, 4.69) is 10.3 Å². The molecule has 0 atom stereocenters. The molecule has 0 unspecified atom stereocenters. The number of hydrogen-bond acceptors (Lipinski definition) is 5. The lowest BCUT2D eigenvalue weighted by molar-refractivity contribution is -0.120. The largest absolute Gasteiger partial charge is 0.489 e. The molecule has 144 valence electrons. The quantitative estimate of drug-likeness (QED) is 0.599. The van der Waals surface area contributed by atoms with Gasteiger partial charge in [-0.05, 0) is 50.1 Å². The summed E-state index contributed by atoms with van der Waals surface area (Å²) < 4.78 is 11.4. The molecule has 0 aliphatic heterocycles. The van der Waals surface area contributed by atoms with E-state index < -0.39 is 17.4 Å². The van der Waals surface area contributed by atoms with Gasteiger partial charge in [-0.2, -0.15) is 0 Å². The lowest BCUT2D eigenvalue weighted by Gasteiger charge is -2.13. The first-order valence-corrected chi connectivity index (χ1v) is 8.84. The summed E-state index contributed by atoms with van der Waals surface area (Å²) in [5, 5.41) is 3.29. The number of nitrogens with two attached hydrogens (primary N) is 1. The third-order valence-electron chi connectivity index (χ3n) is 4.93. The minimum atomic E-state index is -0.963. The maximum atomic E-state index is 12.8. The van der Waals surface area contributed by atoms with Crippen LogP contribution in [0, 0.1) is 6.92 Å². The molecule has 28 heavy (non-hydrogen) atoms. The summed E-state index contributed by atoms with van der Waals surface area (Å²) in [5.74, 6) is -0.0290. The van der Waals surface area contributed by atoms with E-state index in [-0.39, 0.29) is 12.2 Å². The van der Waals surface area contributed by atoms with Gasteiger partial charge in [0, 0.05) is 11.6 Å². The van der Waals surface area contributed by atoms with Crippen LogP contribution in [0.3, 0.4) is 0 Å². The number of pyridine rings is 1. The van der Waals surface area contributed by atoms with E-state index in [1.165, 1.54) is 0 Å². The highest BCUT2D eigenvalue weighted by molar-refractivity contribution is 6.09. The third-order valence-corrected chi connectivity index (χ3v) is 4.93. The van der Waals surface area contributed by atoms with Crippen molar-refractivity contribution in [1.29, 1.82) is 0 Å². The van der Waals surface area contributed by atoms with Crippen molar-refractivity contribution in [3.05, 3.63) is 63.8 Å². The van der Waals surface area contributed by atoms with Crippen LogP contribution in [0.25, 0.3) is 11.0 Å². The molecular formula is C20H19N3O5. The number of furan rings is 1. The molecule has 8 nitrogen and oxygen atoms in total. The predicted octanol–water partition coefficient (Wildman–Crippen LogP) is 1.76. The molecule has 2 aromatic heterocycles. The SMILES string of the molecule is Cc1oc2ccc(OCc3ccc[nH]c3=O)cc2c1C(=O)NC1(C(N)=O)CC1. The zero-order chi connectivity index (χ0) is 19.9. The second kappa shape index (κ2) is 6.56. The Morgan fingerprint density at radius 3 is 2.79 bits per heavy atom. The normalized spacial score (nSPS) is 14.6. The number of amides is 2. The van der Waals surface area contributed by atoms with E-state index >= 15 is 0 Å². The Labute approximate surface area is 159 Å². The Bertz CT molecular complexity index is 1140. The summed E-state index contributed by atoms with van der Waals surface area (Å²) in [6.07, 6.45) is 2.61. The minimum Gasteiger partial charge on any atom is -0.489 e. The first-order valence-electron chi connectivity index (χ1n) is 8.84. The van der Waals surface area contributed by atoms with Crippen LogP contribution in [0.1, 0.15) is 34.5 Å². The van der Waals surface area contributed by atoms with Crippen molar-refractivity contribution < 1.29 is 18.7 Å². The number of hydrogen-bond donors (Lipinski definition) is 3. The number of fused-ring (bicyclic) bond motifs is 1. The summed E-state index contributed by atoms with van der Waals surface area (Å²) in [6, 6.07) is 8.48. The first-order chi connectivity index (χ1) is 13.4. The summed E-state index contributed by atoms with van der Waals surface area (Å²) in [6.45, 7) is 1.77. The molecule has 8 heteroatoms. The van der Waals surface area contributed by atoms with E-state index in [1.807, 2.05) is 0 Å². The average Bonchev–Trinajstić information content (AvgIpc) is 3.36.